The molecule has 0 aliphatic rings. The van der Waals surface area contributed by atoms with Crippen LogP contribution in [0.2, 0.25) is 0 Å². The topological polar surface area (TPSA) is 93.0 Å². The summed E-state index contributed by atoms with van der Waals surface area (Å²) in [6.45, 7) is 0. The van der Waals surface area contributed by atoms with E-state index in [1.807, 2.05) is 0 Å². The van der Waals surface area contributed by atoms with Gasteiger partial charge in [0.15, 0.2) is 4.62 Å². The third kappa shape index (κ3) is 2.22. The minimum atomic E-state index is -0.739. The van der Waals surface area contributed by atoms with Crippen molar-refractivity contribution < 1.29 is 4.92 Å². The van der Waals surface area contributed by atoms with Gasteiger partial charge in [-0.2, -0.15) is 0 Å². The lowest BCUT2D eigenvalue weighted by molar-refractivity contribution is -0.414. The second kappa shape index (κ2) is 3.18. The van der Waals surface area contributed by atoms with E-state index in [4.69, 9.17) is 11.1 Å². The lowest BCUT2D eigenvalue weighted by Gasteiger charge is -1.88. The van der Waals surface area contributed by atoms with Gasteiger partial charge in [0, 0.05) is 0 Å². The molecule has 0 amide bonds. The summed E-state index contributed by atoms with van der Waals surface area (Å²) in [6.07, 6.45) is 0.761. The maximum atomic E-state index is 9.86. The fraction of sp³-hybridized carbons (Fsp3) is 0. The van der Waals surface area contributed by atoms with E-state index in [1.165, 1.54) is 0 Å². The normalized spacial score (nSPS) is 11.0. The van der Waals surface area contributed by atoms with Gasteiger partial charge in [-0.1, -0.05) is 0 Å². The van der Waals surface area contributed by atoms with Crippen LogP contribution in [0.5, 0.6) is 0 Å². The Morgan fingerprint density at radius 3 is 2.33 bits per heavy atom. The van der Waals surface area contributed by atoms with Crippen molar-refractivity contribution in [2.45, 2.75) is 0 Å². The number of halogens is 1. The average Bonchev–Trinajstić information content (AvgIpc) is 1.64. The standard InChI is InChI=1S/C3H4BrN3O2/c4-3(6)2(1-5)7(8)9/h1,6H,5H2/b2-1+,6-3?. The molecule has 0 atom stereocenters. The molecule has 6 heteroatoms. The fourth-order valence-electron chi connectivity index (χ4n) is 0.214. The van der Waals surface area contributed by atoms with Crippen LogP contribution in [0.1, 0.15) is 0 Å². The predicted molar refractivity (Wildman–Crippen MR) is 35.9 cm³/mol. The molecule has 0 aromatic carbocycles. The van der Waals surface area contributed by atoms with Gasteiger partial charge in [0.2, 0.25) is 0 Å². The number of hydrogen-bond acceptors (Lipinski definition) is 4. The smallest absolute Gasteiger partial charge is 0.316 e. The number of nitrogens with one attached hydrogen (secondary N) is 1. The van der Waals surface area contributed by atoms with Crippen LogP contribution >= 0.6 is 15.9 Å². The van der Waals surface area contributed by atoms with Crippen molar-refractivity contribution in [2.24, 2.45) is 5.73 Å². The van der Waals surface area contributed by atoms with Gasteiger partial charge in [0.25, 0.3) is 0 Å². The van der Waals surface area contributed by atoms with Gasteiger partial charge in [0.05, 0.1) is 11.1 Å². The Hall–Kier alpha value is -0.910. The second-order valence-corrected chi connectivity index (χ2v) is 1.92. The number of nitrogens with two attached hydrogens (primary N) is 1. The molecule has 0 unspecified atom stereocenters. The molecule has 0 bridgehead atoms. The number of nitrogens with zero attached hydrogens (tertiary/aromatic N) is 1. The molecule has 0 spiro atoms. The molecular weight excluding hydrogens is 190 g/mol. The molecule has 5 nitrogen and oxygen atoms in total. The summed E-state index contributed by atoms with van der Waals surface area (Å²) in [7, 11) is 0. The van der Waals surface area contributed by atoms with Gasteiger partial charge in [0.1, 0.15) is 0 Å². The van der Waals surface area contributed by atoms with E-state index in [2.05, 4.69) is 15.9 Å². The van der Waals surface area contributed by atoms with Crippen molar-refractivity contribution >= 4 is 20.6 Å². The Morgan fingerprint density at radius 2 is 2.33 bits per heavy atom. The maximum Gasteiger partial charge on any atom is 0.316 e. The van der Waals surface area contributed by atoms with Crippen molar-refractivity contribution in [3.8, 4) is 0 Å². The summed E-state index contributed by atoms with van der Waals surface area (Å²) < 4.78 is -0.324. The zero-order chi connectivity index (χ0) is 7.44. The van der Waals surface area contributed by atoms with Crippen LogP contribution < -0.4 is 5.73 Å². The Labute approximate surface area is 59.3 Å². The monoisotopic (exact) mass is 193 g/mol. The van der Waals surface area contributed by atoms with E-state index in [0.717, 1.165) is 6.20 Å². The summed E-state index contributed by atoms with van der Waals surface area (Å²) in [6, 6.07) is 0. The van der Waals surface area contributed by atoms with Crippen LogP contribution in [-0.2, 0) is 0 Å². The first-order chi connectivity index (χ1) is 4.09. The first-order valence-corrected chi connectivity index (χ1v) is 2.69. The van der Waals surface area contributed by atoms with Crippen molar-refractivity contribution in [3.05, 3.63) is 22.0 Å². The zero-order valence-corrected chi connectivity index (χ0v) is 5.88. The van der Waals surface area contributed by atoms with Gasteiger partial charge < -0.3 is 5.73 Å². The largest absolute Gasteiger partial charge is 0.399 e. The van der Waals surface area contributed by atoms with E-state index in [-0.39, 0.29) is 4.62 Å². The van der Waals surface area contributed by atoms with Crippen LogP contribution in [-0.4, -0.2) is 9.54 Å². The number of nitro groups is 1. The lowest BCUT2D eigenvalue weighted by Crippen LogP contribution is -2.06. The first-order valence-electron chi connectivity index (χ1n) is 1.90. The maximum absolute atomic E-state index is 9.86. The Balaban J connectivity index is 4.38. The lowest BCUT2D eigenvalue weighted by atomic mass is 10.5. The average molecular weight is 194 g/mol. The highest BCUT2D eigenvalue weighted by Crippen LogP contribution is 2.00. The molecule has 50 valence electrons. The number of allylic oxidation sites excluding steroid dienone is 1. The minimum Gasteiger partial charge on any atom is -0.399 e. The molecule has 0 aliphatic heterocycles. The van der Waals surface area contributed by atoms with E-state index in [1.54, 1.807) is 0 Å². The molecule has 0 saturated heterocycles. The van der Waals surface area contributed by atoms with E-state index in [9.17, 15) is 10.1 Å². The van der Waals surface area contributed by atoms with Crippen molar-refractivity contribution in [2.75, 3.05) is 0 Å². The van der Waals surface area contributed by atoms with E-state index >= 15 is 0 Å². The highest BCUT2D eigenvalue weighted by molar-refractivity contribution is 9.18. The summed E-state index contributed by atoms with van der Waals surface area (Å²) in [4.78, 5) is 9.12. The van der Waals surface area contributed by atoms with E-state index < -0.39 is 10.6 Å². The van der Waals surface area contributed by atoms with E-state index in [0.29, 0.717) is 0 Å². The minimum absolute atomic E-state index is 0.324. The van der Waals surface area contributed by atoms with Gasteiger partial charge in [-0.15, -0.1) is 0 Å². The summed E-state index contributed by atoms with van der Waals surface area (Å²) >= 11 is 2.59. The molecule has 9 heavy (non-hydrogen) atoms. The third-order valence-corrected chi connectivity index (χ3v) is 0.986. The highest BCUT2D eigenvalue weighted by Gasteiger charge is 2.12. The van der Waals surface area contributed by atoms with Crippen LogP contribution in [0.4, 0.5) is 0 Å². The Morgan fingerprint density at radius 1 is 1.89 bits per heavy atom. The molecule has 0 heterocycles. The number of rotatable bonds is 2. The Bertz CT molecular complexity index is 160. The molecule has 0 fully saturated rings. The summed E-state index contributed by atoms with van der Waals surface area (Å²) in [5.74, 6) is 0. The van der Waals surface area contributed by atoms with Gasteiger partial charge in [-0.05, 0) is 15.9 Å². The molecule has 0 aromatic rings. The number of hydrogen-bond donors (Lipinski definition) is 2. The SMILES string of the molecule is N=C(Br)/C(=C\N)[N+](=O)[O-]. The quantitative estimate of drug-likeness (QED) is 0.379. The Kier molecular flexibility index (Phi) is 2.86. The van der Waals surface area contributed by atoms with Crippen molar-refractivity contribution in [1.82, 2.24) is 0 Å². The van der Waals surface area contributed by atoms with Gasteiger partial charge in [-0.25, -0.2) is 0 Å². The van der Waals surface area contributed by atoms with Crippen LogP contribution in [0.25, 0.3) is 0 Å². The fourth-order valence-corrected chi connectivity index (χ4v) is 0.491. The first kappa shape index (κ1) is 8.09. The van der Waals surface area contributed by atoms with Gasteiger partial charge in [-0.3, -0.25) is 15.5 Å². The van der Waals surface area contributed by atoms with Gasteiger partial charge >= 0.3 is 5.70 Å². The molecular formula is C3H4BrN3O2. The summed E-state index contributed by atoms with van der Waals surface area (Å²) in [5.41, 5.74) is 4.36. The zero-order valence-electron chi connectivity index (χ0n) is 4.30. The van der Waals surface area contributed by atoms with Crippen molar-refractivity contribution in [3.63, 3.8) is 0 Å². The van der Waals surface area contributed by atoms with Crippen molar-refractivity contribution in [1.29, 1.82) is 5.41 Å². The molecule has 0 aromatic heterocycles. The van der Waals surface area contributed by atoms with Crippen LogP contribution in [0.3, 0.4) is 0 Å². The molecule has 0 saturated carbocycles. The second-order valence-electron chi connectivity index (χ2n) is 1.12. The third-order valence-electron chi connectivity index (χ3n) is 0.579. The summed E-state index contributed by atoms with van der Waals surface area (Å²) in [5, 5.41) is 16.6. The molecule has 0 rings (SSSR count). The molecule has 3 N–H and O–H groups in total. The van der Waals surface area contributed by atoms with Crippen LogP contribution in [0.15, 0.2) is 11.9 Å². The molecule has 0 aliphatic carbocycles. The van der Waals surface area contributed by atoms with Crippen LogP contribution in [0, 0.1) is 15.5 Å². The highest BCUT2D eigenvalue weighted by atomic mass is 79.9. The predicted octanol–water partition coefficient (Wildman–Crippen LogP) is 0.435. The molecule has 0 radical (unpaired) electrons.